The Balaban J connectivity index is 1.16. The fourth-order valence-corrected chi connectivity index (χ4v) is 6.07. The first-order valence-corrected chi connectivity index (χ1v) is 15.4. The van der Waals surface area contributed by atoms with Gasteiger partial charge in [-0.15, -0.1) is 18.3 Å². The summed E-state index contributed by atoms with van der Waals surface area (Å²) >= 11 is 1.18. The van der Waals surface area contributed by atoms with E-state index in [0.29, 0.717) is 36.5 Å². The fourth-order valence-electron chi connectivity index (χ4n) is 5.22. The Morgan fingerprint density at radius 2 is 1.96 bits per heavy atom. The van der Waals surface area contributed by atoms with Crippen LogP contribution >= 0.6 is 11.8 Å². The molecule has 2 unspecified atom stereocenters. The van der Waals surface area contributed by atoms with Crippen LogP contribution in [0.3, 0.4) is 0 Å². The first-order valence-electron chi connectivity index (χ1n) is 14.4. The molecule has 0 spiro atoms. The highest BCUT2D eigenvalue weighted by Crippen LogP contribution is 2.35. The summed E-state index contributed by atoms with van der Waals surface area (Å²) in [5, 5.41) is 7.24. The molecular formula is C31H32F4N6O3S. The lowest BCUT2D eigenvalue weighted by atomic mass is 9.86. The molecule has 45 heavy (non-hydrogen) atoms. The van der Waals surface area contributed by atoms with Crippen molar-refractivity contribution in [2.24, 2.45) is 10.9 Å². The number of benzene rings is 2. The number of aryl methyl sites for hydroxylation is 1. The summed E-state index contributed by atoms with van der Waals surface area (Å²) in [5.74, 6) is -0.0682. The zero-order valence-electron chi connectivity index (χ0n) is 24.8. The number of amides is 3. The number of aromatic nitrogens is 3. The molecule has 2 heterocycles. The summed E-state index contributed by atoms with van der Waals surface area (Å²) in [4.78, 5) is 35.3. The molecule has 1 saturated heterocycles. The summed E-state index contributed by atoms with van der Waals surface area (Å²) < 4.78 is 57.7. The lowest BCUT2D eigenvalue weighted by Crippen LogP contribution is -2.35. The van der Waals surface area contributed by atoms with Crippen molar-refractivity contribution in [3.05, 3.63) is 71.8 Å². The van der Waals surface area contributed by atoms with Crippen molar-refractivity contribution in [2.45, 2.75) is 58.5 Å². The van der Waals surface area contributed by atoms with Crippen LogP contribution in [0, 0.1) is 12.8 Å². The molecule has 2 aliphatic rings. The van der Waals surface area contributed by atoms with Crippen molar-refractivity contribution in [3.8, 4) is 11.4 Å². The van der Waals surface area contributed by atoms with Crippen molar-refractivity contribution in [3.63, 3.8) is 0 Å². The van der Waals surface area contributed by atoms with Gasteiger partial charge in [-0.05, 0) is 85.1 Å². The second-order valence-corrected chi connectivity index (χ2v) is 12.1. The number of hydrogen-bond acceptors (Lipinski definition) is 6. The van der Waals surface area contributed by atoms with Gasteiger partial charge in [0.1, 0.15) is 18.2 Å². The van der Waals surface area contributed by atoms with E-state index < -0.39 is 18.6 Å². The number of halogens is 4. The Kier molecular flexibility index (Phi) is 9.61. The number of carbonyl (C=O) groups is 2. The van der Waals surface area contributed by atoms with Gasteiger partial charge < -0.3 is 10.1 Å². The molecule has 1 N–H and O–H groups in total. The van der Waals surface area contributed by atoms with Gasteiger partial charge in [0.25, 0.3) is 0 Å². The monoisotopic (exact) mass is 644 g/mol. The van der Waals surface area contributed by atoms with E-state index in [0.717, 1.165) is 16.7 Å². The fraction of sp³-hybridized carbons (Fsp3) is 0.387. The summed E-state index contributed by atoms with van der Waals surface area (Å²) in [5.41, 5.74) is 3.99. The van der Waals surface area contributed by atoms with Crippen molar-refractivity contribution < 1.29 is 31.9 Å². The number of anilines is 1. The first kappa shape index (κ1) is 32.2. The van der Waals surface area contributed by atoms with Gasteiger partial charge in [-0.1, -0.05) is 43.8 Å². The molecule has 1 aliphatic carbocycles. The number of nitrogens with one attached hydrogen (secondary N) is 1. The van der Waals surface area contributed by atoms with Gasteiger partial charge in [0.15, 0.2) is 11.0 Å². The maximum atomic E-state index is 15.2. The molecule has 1 aliphatic heterocycles. The molecule has 2 aromatic carbocycles. The summed E-state index contributed by atoms with van der Waals surface area (Å²) in [6.07, 6.45) is -1.31. The Bertz CT molecular complexity index is 1620. The molecular weight excluding hydrogens is 612 g/mol. The van der Waals surface area contributed by atoms with Crippen LogP contribution in [0.2, 0.25) is 0 Å². The average Bonchev–Trinajstić information content (AvgIpc) is 3.62. The normalized spacial score (nSPS) is 18.8. The van der Waals surface area contributed by atoms with Crippen molar-refractivity contribution >= 4 is 40.1 Å². The molecule has 14 heteroatoms. The molecule has 1 fully saturated rings. The van der Waals surface area contributed by atoms with E-state index >= 15 is 4.39 Å². The van der Waals surface area contributed by atoms with Gasteiger partial charge in [-0.3, -0.25) is 9.69 Å². The number of aliphatic imine (C=N–C) groups is 1. The maximum Gasteiger partial charge on any atom is 0.573 e. The topological polar surface area (TPSA) is 102 Å². The van der Waals surface area contributed by atoms with E-state index in [-0.39, 0.29) is 41.0 Å². The minimum atomic E-state index is -4.77. The van der Waals surface area contributed by atoms with Crippen LogP contribution < -0.4 is 15.0 Å². The smallest absolute Gasteiger partial charge is 0.406 e. The largest absolute Gasteiger partial charge is 0.573 e. The van der Waals surface area contributed by atoms with Gasteiger partial charge in [-0.2, -0.15) is 4.99 Å². The SMILES string of the molecule is Cc1ccc(C(C)C)c(N2C(=O)CSC2=NC(=O)NCC(F)C2CC=C(c3ncn(-c4ccc(OC(F)(F)F)cc4)n3)CC2)c1. The lowest BCUT2D eigenvalue weighted by Gasteiger charge is -2.24. The molecule has 238 valence electrons. The predicted molar refractivity (Wildman–Crippen MR) is 164 cm³/mol. The first-order chi connectivity index (χ1) is 21.4. The van der Waals surface area contributed by atoms with E-state index in [9.17, 15) is 22.8 Å². The number of hydrogen-bond donors (Lipinski definition) is 1. The van der Waals surface area contributed by atoms with E-state index in [4.69, 9.17) is 0 Å². The minimum Gasteiger partial charge on any atom is -0.406 e. The number of allylic oxidation sites excluding steroid dienone is 2. The third-order valence-electron chi connectivity index (χ3n) is 7.54. The summed E-state index contributed by atoms with van der Waals surface area (Å²) in [6, 6.07) is 10.4. The number of thioether (sulfide) groups is 1. The number of urea groups is 1. The van der Waals surface area contributed by atoms with E-state index in [1.807, 2.05) is 45.0 Å². The maximum absolute atomic E-state index is 15.2. The second-order valence-electron chi connectivity index (χ2n) is 11.1. The number of alkyl halides is 4. The van der Waals surface area contributed by atoms with Crippen molar-refractivity contribution in [2.75, 3.05) is 17.2 Å². The quantitative estimate of drug-likeness (QED) is 0.266. The molecule has 1 aromatic heterocycles. The van der Waals surface area contributed by atoms with Crippen LogP contribution in [0.1, 0.15) is 56.0 Å². The number of ether oxygens (including phenoxy) is 1. The van der Waals surface area contributed by atoms with Gasteiger partial charge in [-0.25, -0.2) is 18.9 Å². The highest BCUT2D eigenvalue weighted by Gasteiger charge is 2.33. The second kappa shape index (κ2) is 13.4. The van der Waals surface area contributed by atoms with Crippen LogP contribution in [0.5, 0.6) is 5.75 Å². The average molecular weight is 645 g/mol. The Morgan fingerprint density at radius 3 is 2.62 bits per heavy atom. The molecule has 0 bridgehead atoms. The number of amidine groups is 1. The van der Waals surface area contributed by atoms with Crippen LogP contribution in [-0.2, 0) is 4.79 Å². The molecule has 2 atom stereocenters. The van der Waals surface area contributed by atoms with Crippen molar-refractivity contribution in [1.29, 1.82) is 0 Å². The van der Waals surface area contributed by atoms with Gasteiger partial charge >= 0.3 is 12.4 Å². The zero-order valence-corrected chi connectivity index (χ0v) is 25.7. The van der Waals surface area contributed by atoms with Crippen LogP contribution in [0.15, 0.2) is 59.9 Å². The highest BCUT2D eigenvalue weighted by atomic mass is 32.2. The van der Waals surface area contributed by atoms with E-state index in [1.54, 1.807) is 0 Å². The van der Waals surface area contributed by atoms with Gasteiger partial charge in [0, 0.05) is 0 Å². The Morgan fingerprint density at radius 1 is 1.20 bits per heavy atom. The molecule has 0 radical (unpaired) electrons. The minimum absolute atomic E-state index is 0.153. The van der Waals surface area contributed by atoms with E-state index in [1.165, 1.54) is 51.9 Å². The molecule has 0 saturated carbocycles. The lowest BCUT2D eigenvalue weighted by molar-refractivity contribution is -0.274. The van der Waals surface area contributed by atoms with Gasteiger partial charge in [0.2, 0.25) is 5.91 Å². The van der Waals surface area contributed by atoms with Gasteiger partial charge in [0.05, 0.1) is 23.7 Å². The van der Waals surface area contributed by atoms with Crippen molar-refractivity contribution in [1.82, 2.24) is 20.1 Å². The number of nitrogens with zero attached hydrogens (tertiary/aromatic N) is 5. The number of rotatable bonds is 8. The molecule has 3 amide bonds. The Hall–Kier alpha value is -4.20. The third kappa shape index (κ3) is 7.91. The zero-order chi connectivity index (χ0) is 32.3. The molecule has 9 nitrogen and oxygen atoms in total. The third-order valence-corrected chi connectivity index (χ3v) is 8.46. The summed E-state index contributed by atoms with van der Waals surface area (Å²) in [6.45, 7) is 5.77. The molecule has 5 rings (SSSR count). The standard InChI is InChI=1S/C31H32F4N6O3S/c1-18(2)24-13-4-19(3)14-26(24)41-27(42)16-45-30(41)38-29(43)36-15-25(32)20-5-7-21(8-6-20)28-37-17-40(39-28)22-9-11-23(12-10-22)44-31(33,34)35/h4,7,9-14,17-18,20,25H,5-6,8,15-16H2,1-3H3,(H,36,43). The summed E-state index contributed by atoms with van der Waals surface area (Å²) in [7, 11) is 0. The highest BCUT2D eigenvalue weighted by molar-refractivity contribution is 8.15. The van der Waals surface area contributed by atoms with Crippen LogP contribution in [0.4, 0.5) is 28.0 Å². The van der Waals surface area contributed by atoms with Crippen LogP contribution in [-0.4, -0.2) is 56.7 Å². The molecule has 3 aromatic rings. The number of carbonyl (C=O) groups excluding carboxylic acids is 2. The Labute approximate surface area is 261 Å². The van der Waals surface area contributed by atoms with E-state index in [2.05, 4.69) is 25.1 Å². The predicted octanol–water partition coefficient (Wildman–Crippen LogP) is 6.96. The van der Waals surface area contributed by atoms with Crippen LogP contribution in [0.25, 0.3) is 11.3 Å².